The van der Waals surface area contributed by atoms with Gasteiger partial charge in [0, 0.05) is 13.1 Å². The second-order valence-corrected chi connectivity index (χ2v) is 8.18. The highest BCUT2D eigenvalue weighted by atomic mass is 15.0. The van der Waals surface area contributed by atoms with Gasteiger partial charge < -0.3 is 16.0 Å². The molecule has 0 aliphatic carbocycles. The lowest BCUT2D eigenvalue weighted by atomic mass is 10.0. The molecule has 0 rings (SSSR count). The highest BCUT2D eigenvalue weighted by Crippen LogP contribution is 2.13. The van der Waals surface area contributed by atoms with Gasteiger partial charge in [0.2, 0.25) is 0 Å². The van der Waals surface area contributed by atoms with Crippen LogP contribution in [0, 0.1) is 0 Å². The maximum absolute atomic E-state index is 5.44. The van der Waals surface area contributed by atoms with E-state index in [4.69, 9.17) is 5.73 Å². The second kappa shape index (κ2) is 27.1. The van der Waals surface area contributed by atoms with E-state index in [1.807, 2.05) is 26.0 Å². The molecule has 0 aliphatic heterocycles. The lowest BCUT2D eigenvalue weighted by Gasteiger charge is -2.04. The average molecular weight is 372 g/mol. The smallest absolute Gasteiger partial charge is 0.00745 e. The van der Waals surface area contributed by atoms with Crippen molar-refractivity contribution in [2.24, 2.45) is 5.73 Å². The Morgan fingerprint density at radius 1 is 0.538 bits per heavy atom. The maximum Gasteiger partial charge on any atom is 0.00745 e. The van der Waals surface area contributed by atoms with Crippen molar-refractivity contribution >= 4 is 0 Å². The van der Waals surface area contributed by atoms with Gasteiger partial charge in [-0.2, -0.15) is 0 Å². The van der Waals surface area contributed by atoms with Crippen molar-refractivity contribution in [3.63, 3.8) is 0 Å². The molecule has 26 heavy (non-hydrogen) atoms. The lowest BCUT2D eigenvalue weighted by molar-refractivity contribution is 0.505. The van der Waals surface area contributed by atoms with Crippen LogP contribution in [0.3, 0.4) is 0 Å². The number of nitrogens with one attached hydrogen (secondary N) is 1. The first-order valence-electron chi connectivity index (χ1n) is 11.7. The molecule has 0 saturated carbocycles. The molecule has 0 aromatic rings. The van der Waals surface area contributed by atoms with Crippen molar-refractivity contribution in [1.82, 2.24) is 10.2 Å². The molecule has 0 saturated heterocycles. The summed E-state index contributed by atoms with van der Waals surface area (Å²) in [6.45, 7) is 5.17. The average Bonchev–Trinajstić information content (AvgIpc) is 2.60. The molecule has 0 heterocycles. The van der Waals surface area contributed by atoms with E-state index in [2.05, 4.69) is 12.2 Å². The van der Waals surface area contributed by atoms with Crippen LogP contribution < -0.4 is 11.1 Å². The molecule has 0 aromatic heterocycles. The van der Waals surface area contributed by atoms with E-state index in [9.17, 15) is 0 Å². The number of unbranched alkanes of at least 4 members (excludes halogenated alkanes) is 15. The van der Waals surface area contributed by atoms with Gasteiger partial charge in [-0.05, 0) is 34.1 Å². The van der Waals surface area contributed by atoms with Gasteiger partial charge in [-0.3, -0.25) is 0 Å². The van der Waals surface area contributed by atoms with Crippen molar-refractivity contribution in [2.75, 3.05) is 40.8 Å². The van der Waals surface area contributed by atoms with Crippen LogP contribution >= 0.6 is 0 Å². The molecule has 3 nitrogen and oxygen atoms in total. The summed E-state index contributed by atoms with van der Waals surface area (Å²) in [7, 11) is 6.00. The molecule has 0 aliphatic rings. The van der Waals surface area contributed by atoms with Gasteiger partial charge >= 0.3 is 0 Å². The monoisotopic (exact) mass is 371 g/mol. The molecule has 0 amide bonds. The van der Waals surface area contributed by atoms with Crippen molar-refractivity contribution < 1.29 is 0 Å². The van der Waals surface area contributed by atoms with Gasteiger partial charge in [-0.25, -0.2) is 0 Å². The van der Waals surface area contributed by atoms with E-state index in [0.29, 0.717) is 0 Å². The third kappa shape index (κ3) is 35.1. The minimum absolute atomic E-state index is 0.763. The summed E-state index contributed by atoms with van der Waals surface area (Å²) in [5, 5.41) is 3.36. The highest BCUT2D eigenvalue weighted by molar-refractivity contribution is 4.51. The molecule has 3 N–H and O–H groups in total. The Balaban J connectivity index is 0. The molecule has 0 bridgehead atoms. The quantitative estimate of drug-likeness (QED) is 0.275. The molecule has 3 heteroatoms. The van der Waals surface area contributed by atoms with Crippen LogP contribution in [0.5, 0.6) is 0 Å². The summed E-state index contributed by atoms with van der Waals surface area (Å²) >= 11 is 0. The number of hydrogen-bond acceptors (Lipinski definition) is 3. The summed E-state index contributed by atoms with van der Waals surface area (Å²) < 4.78 is 0. The first-order valence-corrected chi connectivity index (χ1v) is 11.7. The van der Waals surface area contributed by atoms with Crippen molar-refractivity contribution in [3.05, 3.63) is 0 Å². The van der Waals surface area contributed by atoms with E-state index in [1.54, 1.807) is 0 Å². The lowest BCUT2D eigenvalue weighted by Crippen LogP contribution is -2.23. The largest absolute Gasteiger partial charge is 0.329 e. The normalized spacial score (nSPS) is 10.8. The summed E-state index contributed by atoms with van der Waals surface area (Å²) in [5.41, 5.74) is 5.44. The topological polar surface area (TPSA) is 41.3 Å². The Labute approximate surface area is 166 Å². The Morgan fingerprint density at radius 2 is 0.846 bits per heavy atom. The van der Waals surface area contributed by atoms with Gasteiger partial charge in [-0.15, -0.1) is 0 Å². The first-order chi connectivity index (χ1) is 12.6. The van der Waals surface area contributed by atoms with E-state index in [-0.39, 0.29) is 0 Å². The Morgan fingerprint density at radius 3 is 1.15 bits per heavy atom. The van der Waals surface area contributed by atoms with Crippen LogP contribution in [0.1, 0.15) is 110 Å². The molecule has 0 aromatic carbocycles. The Bertz CT molecular complexity index is 197. The molecule has 0 fully saturated rings. The van der Waals surface area contributed by atoms with Gasteiger partial charge in [0.05, 0.1) is 0 Å². The zero-order valence-electron chi connectivity index (χ0n) is 19.0. The second-order valence-electron chi connectivity index (χ2n) is 8.18. The van der Waals surface area contributed by atoms with Crippen LogP contribution in [0.25, 0.3) is 0 Å². The first kappa shape index (κ1) is 28.1. The number of nitrogens with zero attached hydrogens (tertiary/aromatic N) is 1. The molecule has 0 spiro atoms. The summed E-state index contributed by atoms with van der Waals surface area (Å²) in [4.78, 5) is 2.00. The van der Waals surface area contributed by atoms with E-state index in [1.165, 1.54) is 103 Å². The molecule has 0 atom stereocenters. The fourth-order valence-electron chi connectivity index (χ4n) is 3.03. The Kier molecular flexibility index (Phi) is 29.3. The van der Waals surface area contributed by atoms with Crippen LogP contribution in [0.15, 0.2) is 0 Å². The molecule has 0 radical (unpaired) electrons. The third-order valence-corrected chi connectivity index (χ3v) is 4.53. The predicted octanol–water partition coefficient (Wildman–Crippen LogP) is 5.97. The number of rotatable bonds is 19. The standard InChI is InChI=1S/C20H44N2.C3H9N/c1-2-3-4-5-6-7-8-9-10-11-12-13-14-15-16-17-19-22-20-18-21;1-4(2)3/h22H,2-21H2,1H3;1-3H3. The van der Waals surface area contributed by atoms with Crippen LogP contribution in [0.4, 0.5) is 0 Å². The molecular formula is C23H53N3. The fourth-order valence-corrected chi connectivity index (χ4v) is 3.03. The molecule has 160 valence electrons. The van der Waals surface area contributed by atoms with Gasteiger partial charge in [0.15, 0.2) is 0 Å². The zero-order valence-corrected chi connectivity index (χ0v) is 19.0. The molecule has 0 unspecified atom stereocenters. The third-order valence-electron chi connectivity index (χ3n) is 4.53. The fraction of sp³-hybridized carbons (Fsp3) is 1.00. The van der Waals surface area contributed by atoms with Gasteiger partial charge in [0.1, 0.15) is 0 Å². The van der Waals surface area contributed by atoms with Crippen LogP contribution in [-0.4, -0.2) is 45.7 Å². The SMILES string of the molecule is CCCCCCCCCCCCCCCCCCNCCN.CN(C)C. The highest BCUT2D eigenvalue weighted by Gasteiger charge is 1.94. The summed E-state index contributed by atoms with van der Waals surface area (Å²) in [5.74, 6) is 0. The minimum atomic E-state index is 0.763. The van der Waals surface area contributed by atoms with Gasteiger partial charge in [0.25, 0.3) is 0 Å². The van der Waals surface area contributed by atoms with E-state index in [0.717, 1.165) is 19.6 Å². The van der Waals surface area contributed by atoms with Crippen molar-refractivity contribution in [3.8, 4) is 0 Å². The number of hydrogen-bond donors (Lipinski definition) is 2. The minimum Gasteiger partial charge on any atom is -0.329 e. The Hall–Kier alpha value is -0.120. The predicted molar refractivity (Wildman–Crippen MR) is 121 cm³/mol. The van der Waals surface area contributed by atoms with Crippen LogP contribution in [-0.2, 0) is 0 Å². The summed E-state index contributed by atoms with van der Waals surface area (Å²) in [6, 6.07) is 0. The van der Waals surface area contributed by atoms with Crippen molar-refractivity contribution in [2.45, 2.75) is 110 Å². The number of nitrogens with two attached hydrogens (primary N) is 1. The van der Waals surface area contributed by atoms with Gasteiger partial charge in [-0.1, -0.05) is 103 Å². The summed E-state index contributed by atoms with van der Waals surface area (Å²) in [6.07, 6.45) is 23.0. The van der Waals surface area contributed by atoms with Crippen LogP contribution in [0.2, 0.25) is 0 Å². The van der Waals surface area contributed by atoms with E-state index < -0.39 is 0 Å². The maximum atomic E-state index is 5.44. The van der Waals surface area contributed by atoms with E-state index >= 15 is 0 Å². The van der Waals surface area contributed by atoms with Crippen molar-refractivity contribution in [1.29, 1.82) is 0 Å². The molecular weight excluding hydrogens is 318 g/mol. The zero-order chi connectivity index (χ0) is 19.7.